The minimum absolute atomic E-state index is 1.16. The Labute approximate surface area is 272 Å². The van der Waals surface area contributed by atoms with Gasteiger partial charge in [-0.3, -0.25) is 0 Å². The summed E-state index contributed by atoms with van der Waals surface area (Å²) in [6.45, 7) is 0. The predicted octanol–water partition coefficient (Wildman–Crippen LogP) is 12.9. The van der Waals surface area contributed by atoms with Crippen molar-refractivity contribution in [1.82, 2.24) is 4.98 Å². The lowest BCUT2D eigenvalue weighted by atomic mass is 9.85. The van der Waals surface area contributed by atoms with Gasteiger partial charge in [0.2, 0.25) is 0 Å². The van der Waals surface area contributed by atoms with Crippen molar-refractivity contribution in [2.24, 2.45) is 0 Å². The fourth-order valence-electron chi connectivity index (χ4n) is 7.77. The van der Waals surface area contributed by atoms with Gasteiger partial charge in [0, 0.05) is 21.7 Å². The first-order chi connectivity index (χ1) is 23.3. The van der Waals surface area contributed by atoms with Gasteiger partial charge >= 0.3 is 0 Å². The standard InChI is InChI=1S/C46H29N/c1-2-12-31-26-33(21-20-29(31)10-1)32-13-9-14-34(27-32)44-37-16-5-7-18-39(37)45(40-19-8-6-17-38(40)44)35-23-25-43-42(28-35)41-24-22-30-11-3-4-15-36(30)46(41)47-43/h1-28,47H. The van der Waals surface area contributed by atoms with Crippen LogP contribution in [0.1, 0.15) is 0 Å². The minimum Gasteiger partial charge on any atom is -0.354 e. The highest BCUT2D eigenvalue weighted by Gasteiger charge is 2.18. The van der Waals surface area contributed by atoms with E-state index in [2.05, 4.69) is 175 Å². The number of rotatable bonds is 3. The maximum atomic E-state index is 3.73. The molecular weight excluding hydrogens is 567 g/mol. The van der Waals surface area contributed by atoms with E-state index in [1.807, 2.05) is 0 Å². The highest BCUT2D eigenvalue weighted by Crippen LogP contribution is 2.45. The van der Waals surface area contributed by atoms with Crippen LogP contribution in [-0.2, 0) is 0 Å². The van der Waals surface area contributed by atoms with E-state index in [0.717, 1.165) is 5.52 Å². The molecule has 1 heterocycles. The number of benzene rings is 9. The fraction of sp³-hybridized carbons (Fsp3) is 0. The van der Waals surface area contributed by atoms with Crippen molar-refractivity contribution in [3.8, 4) is 33.4 Å². The summed E-state index contributed by atoms with van der Waals surface area (Å²) < 4.78 is 0. The van der Waals surface area contributed by atoms with Gasteiger partial charge in [0.05, 0.1) is 5.52 Å². The van der Waals surface area contributed by atoms with Crippen LogP contribution in [-0.4, -0.2) is 4.98 Å². The number of H-pyrrole nitrogens is 1. The van der Waals surface area contributed by atoms with Crippen LogP contribution >= 0.6 is 0 Å². The molecule has 0 saturated carbocycles. The molecule has 9 aromatic carbocycles. The zero-order valence-electron chi connectivity index (χ0n) is 25.7. The first kappa shape index (κ1) is 26.1. The van der Waals surface area contributed by atoms with Crippen molar-refractivity contribution in [2.45, 2.75) is 0 Å². The van der Waals surface area contributed by atoms with Crippen LogP contribution in [0.2, 0.25) is 0 Å². The lowest BCUT2D eigenvalue weighted by Crippen LogP contribution is -1.91. The van der Waals surface area contributed by atoms with E-state index >= 15 is 0 Å². The Hall–Kier alpha value is -6.18. The Kier molecular flexibility index (Phi) is 5.64. The van der Waals surface area contributed by atoms with Gasteiger partial charge < -0.3 is 4.98 Å². The summed E-state index contributed by atoms with van der Waals surface area (Å²) in [5, 5.41) is 12.6. The first-order valence-electron chi connectivity index (χ1n) is 16.3. The Morgan fingerprint density at radius 2 is 0.809 bits per heavy atom. The highest BCUT2D eigenvalue weighted by atomic mass is 14.7. The van der Waals surface area contributed by atoms with Crippen LogP contribution in [0.5, 0.6) is 0 Å². The molecule has 1 heteroatoms. The van der Waals surface area contributed by atoms with Crippen LogP contribution in [0.15, 0.2) is 170 Å². The summed E-state index contributed by atoms with van der Waals surface area (Å²) in [5.41, 5.74) is 9.84. The molecule has 0 saturated heterocycles. The summed E-state index contributed by atoms with van der Waals surface area (Å²) in [6, 6.07) is 62.3. The molecule has 0 unspecified atom stereocenters. The van der Waals surface area contributed by atoms with Gasteiger partial charge in [0.1, 0.15) is 0 Å². The number of nitrogens with one attached hydrogen (secondary N) is 1. The number of fused-ring (bicyclic) bond motifs is 8. The van der Waals surface area contributed by atoms with Crippen molar-refractivity contribution in [2.75, 3.05) is 0 Å². The normalized spacial score (nSPS) is 11.8. The van der Waals surface area contributed by atoms with E-state index in [-0.39, 0.29) is 0 Å². The number of aromatic amines is 1. The van der Waals surface area contributed by atoms with Gasteiger partial charge in [0.15, 0.2) is 0 Å². The Balaban J connectivity index is 1.21. The molecule has 0 aliphatic rings. The second kappa shape index (κ2) is 10.2. The van der Waals surface area contributed by atoms with Crippen molar-refractivity contribution in [3.05, 3.63) is 170 Å². The molecule has 0 fully saturated rings. The SMILES string of the molecule is c1cc(-c2ccc3ccccc3c2)cc(-c2c3ccccc3c(-c3ccc4[nH]c5c6ccccc6ccc5c4c3)c3ccccc23)c1. The molecule has 0 spiro atoms. The summed E-state index contributed by atoms with van der Waals surface area (Å²) in [4.78, 5) is 3.73. The van der Waals surface area contributed by atoms with Crippen molar-refractivity contribution in [3.63, 3.8) is 0 Å². The summed E-state index contributed by atoms with van der Waals surface area (Å²) in [5.74, 6) is 0. The van der Waals surface area contributed by atoms with Crippen LogP contribution < -0.4 is 0 Å². The van der Waals surface area contributed by atoms with Gasteiger partial charge in [-0.15, -0.1) is 0 Å². The topological polar surface area (TPSA) is 15.8 Å². The maximum absolute atomic E-state index is 3.73. The van der Waals surface area contributed by atoms with E-state index in [4.69, 9.17) is 0 Å². The Morgan fingerprint density at radius 1 is 0.277 bits per heavy atom. The third kappa shape index (κ3) is 4.03. The monoisotopic (exact) mass is 595 g/mol. The molecule has 1 nitrogen and oxygen atoms in total. The van der Waals surface area contributed by atoms with Gasteiger partial charge in [-0.2, -0.15) is 0 Å². The first-order valence-corrected chi connectivity index (χ1v) is 16.3. The Morgan fingerprint density at radius 3 is 1.53 bits per heavy atom. The summed E-state index contributed by atoms with van der Waals surface area (Å²) >= 11 is 0. The van der Waals surface area contributed by atoms with E-state index in [1.165, 1.54) is 92.8 Å². The minimum atomic E-state index is 1.16. The molecule has 47 heavy (non-hydrogen) atoms. The molecule has 1 aromatic heterocycles. The van der Waals surface area contributed by atoms with Crippen molar-refractivity contribution in [1.29, 1.82) is 0 Å². The molecule has 0 bridgehead atoms. The molecule has 0 amide bonds. The molecule has 0 atom stereocenters. The summed E-state index contributed by atoms with van der Waals surface area (Å²) in [7, 11) is 0. The quantitative estimate of drug-likeness (QED) is 0.196. The lowest BCUT2D eigenvalue weighted by molar-refractivity contribution is 1.56. The zero-order chi connectivity index (χ0) is 30.9. The summed E-state index contributed by atoms with van der Waals surface area (Å²) in [6.07, 6.45) is 0. The van der Waals surface area contributed by atoms with Crippen molar-refractivity contribution >= 4 is 64.9 Å². The average Bonchev–Trinajstić information content (AvgIpc) is 3.52. The van der Waals surface area contributed by atoms with Gasteiger partial charge in [0.25, 0.3) is 0 Å². The third-order valence-corrected chi connectivity index (χ3v) is 9.95. The van der Waals surface area contributed by atoms with Gasteiger partial charge in [-0.05, 0) is 95.3 Å². The molecule has 218 valence electrons. The number of hydrogen-bond acceptors (Lipinski definition) is 0. The largest absolute Gasteiger partial charge is 0.354 e. The molecule has 0 aliphatic carbocycles. The van der Waals surface area contributed by atoms with Crippen LogP contribution in [0, 0.1) is 0 Å². The maximum Gasteiger partial charge on any atom is 0.0544 e. The third-order valence-electron chi connectivity index (χ3n) is 9.95. The van der Waals surface area contributed by atoms with E-state index in [0.29, 0.717) is 0 Å². The number of hydrogen-bond donors (Lipinski definition) is 1. The average molecular weight is 596 g/mol. The highest BCUT2D eigenvalue weighted by molar-refractivity contribution is 6.23. The van der Waals surface area contributed by atoms with Crippen LogP contribution in [0.3, 0.4) is 0 Å². The molecule has 1 N–H and O–H groups in total. The van der Waals surface area contributed by atoms with Gasteiger partial charge in [-0.1, -0.05) is 146 Å². The molecular formula is C46H29N. The molecule has 0 radical (unpaired) electrons. The molecule has 10 rings (SSSR count). The van der Waals surface area contributed by atoms with E-state index < -0.39 is 0 Å². The second-order valence-electron chi connectivity index (χ2n) is 12.6. The van der Waals surface area contributed by atoms with Crippen LogP contribution in [0.4, 0.5) is 0 Å². The Bertz CT molecular complexity index is 2800. The fourth-order valence-corrected chi connectivity index (χ4v) is 7.77. The molecule has 0 aliphatic heterocycles. The predicted molar refractivity (Wildman–Crippen MR) is 202 cm³/mol. The van der Waals surface area contributed by atoms with E-state index in [1.54, 1.807) is 0 Å². The second-order valence-corrected chi connectivity index (χ2v) is 12.6. The zero-order valence-corrected chi connectivity index (χ0v) is 25.7. The van der Waals surface area contributed by atoms with Crippen molar-refractivity contribution < 1.29 is 0 Å². The molecule has 10 aromatic rings. The number of aromatic nitrogens is 1. The van der Waals surface area contributed by atoms with Gasteiger partial charge in [-0.25, -0.2) is 0 Å². The smallest absolute Gasteiger partial charge is 0.0544 e. The van der Waals surface area contributed by atoms with Crippen LogP contribution in [0.25, 0.3) is 98.3 Å². The van der Waals surface area contributed by atoms with E-state index in [9.17, 15) is 0 Å². The lowest BCUT2D eigenvalue weighted by Gasteiger charge is -2.18.